The molecule has 0 aliphatic carbocycles. The highest BCUT2D eigenvalue weighted by atomic mass is 35.5. The number of halogens is 1. The Kier molecular flexibility index (Phi) is 3.65. The van der Waals surface area contributed by atoms with Crippen molar-refractivity contribution in [2.75, 3.05) is 19.0 Å². The molecule has 2 nitrogen and oxygen atoms in total. The molecule has 134 valence electrons. The summed E-state index contributed by atoms with van der Waals surface area (Å²) in [6.45, 7) is 9.20. The van der Waals surface area contributed by atoms with Gasteiger partial charge in [-0.1, -0.05) is 43.6 Å². The Hall–Kier alpha value is -2.06. The number of fused-ring (bicyclic) bond motifs is 2. The first-order valence-corrected chi connectivity index (χ1v) is 9.50. The van der Waals surface area contributed by atoms with E-state index in [4.69, 9.17) is 11.6 Å². The van der Waals surface area contributed by atoms with Crippen LogP contribution in [0.2, 0.25) is 5.02 Å². The van der Waals surface area contributed by atoms with E-state index in [0.29, 0.717) is 0 Å². The maximum atomic E-state index is 6.29. The third-order valence-electron chi connectivity index (χ3n) is 6.21. The molecule has 3 heteroatoms. The molecule has 0 fully saturated rings. The van der Waals surface area contributed by atoms with E-state index in [1.807, 2.05) is 6.07 Å². The van der Waals surface area contributed by atoms with Crippen LogP contribution in [0.3, 0.4) is 0 Å². The van der Waals surface area contributed by atoms with Crippen LogP contribution in [0.25, 0.3) is 0 Å². The monoisotopic (exact) mass is 365 g/mol. The van der Waals surface area contributed by atoms with Crippen LogP contribution in [0.4, 0.5) is 11.4 Å². The van der Waals surface area contributed by atoms with Crippen molar-refractivity contribution < 1.29 is 4.58 Å². The molecule has 2 heterocycles. The molecule has 26 heavy (non-hydrogen) atoms. The number of nitrogens with zero attached hydrogens (tertiary/aromatic N) is 2. The summed E-state index contributed by atoms with van der Waals surface area (Å²) in [4.78, 5) is 2.31. The van der Waals surface area contributed by atoms with E-state index >= 15 is 0 Å². The van der Waals surface area contributed by atoms with Gasteiger partial charge in [-0.2, -0.15) is 4.58 Å². The van der Waals surface area contributed by atoms with Gasteiger partial charge in [0.25, 0.3) is 0 Å². The predicted molar refractivity (Wildman–Crippen MR) is 111 cm³/mol. The van der Waals surface area contributed by atoms with E-state index in [1.165, 1.54) is 33.9 Å². The highest BCUT2D eigenvalue weighted by Gasteiger charge is 2.46. The van der Waals surface area contributed by atoms with E-state index in [1.54, 1.807) is 0 Å². The zero-order chi connectivity index (χ0) is 18.9. The van der Waals surface area contributed by atoms with Gasteiger partial charge in [0.1, 0.15) is 7.05 Å². The van der Waals surface area contributed by atoms with Crippen molar-refractivity contribution in [3.8, 4) is 0 Å². The zero-order valence-electron chi connectivity index (χ0n) is 16.4. The van der Waals surface area contributed by atoms with E-state index in [9.17, 15) is 0 Å². The Morgan fingerprint density at radius 3 is 2.35 bits per heavy atom. The first kappa shape index (κ1) is 17.4. The lowest BCUT2D eigenvalue weighted by molar-refractivity contribution is -0.401. The second-order valence-electron chi connectivity index (χ2n) is 8.46. The highest BCUT2D eigenvalue weighted by Crippen LogP contribution is 2.49. The maximum absolute atomic E-state index is 6.29. The first-order chi connectivity index (χ1) is 12.2. The third kappa shape index (κ3) is 2.21. The summed E-state index contributed by atoms with van der Waals surface area (Å²) in [7, 11) is 4.33. The number of para-hydroxylation sites is 1. The van der Waals surface area contributed by atoms with E-state index in [-0.39, 0.29) is 10.8 Å². The molecule has 2 aromatic carbocycles. The standard InChI is InChI=1S/C23H26ClN2/c1-22(2)16-9-7-8-10-18(16)25(5)20(22)14-21-23(3,4)17-13-15(24)11-12-19(17)26(21)6/h7-14H,1-6H3/q+1. The zero-order valence-corrected chi connectivity index (χ0v) is 17.1. The molecule has 0 unspecified atom stereocenters. The Morgan fingerprint density at radius 1 is 0.962 bits per heavy atom. The molecule has 0 bridgehead atoms. The summed E-state index contributed by atoms with van der Waals surface area (Å²) in [5, 5.41) is 0.796. The van der Waals surface area contributed by atoms with E-state index in [0.717, 1.165) is 5.02 Å². The van der Waals surface area contributed by atoms with Crippen LogP contribution < -0.4 is 4.90 Å². The average molecular weight is 366 g/mol. The number of hydrogen-bond donors (Lipinski definition) is 0. The van der Waals surface area contributed by atoms with Gasteiger partial charge < -0.3 is 4.90 Å². The Morgan fingerprint density at radius 2 is 1.65 bits per heavy atom. The molecule has 0 N–H and O–H groups in total. The number of rotatable bonds is 1. The molecule has 0 radical (unpaired) electrons. The highest BCUT2D eigenvalue weighted by molar-refractivity contribution is 6.30. The minimum atomic E-state index is -0.0896. The summed E-state index contributed by atoms with van der Waals surface area (Å²) in [6, 6.07) is 14.9. The second-order valence-corrected chi connectivity index (χ2v) is 8.90. The molecule has 0 atom stereocenters. The van der Waals surface area contributed by atoms with Crippen LogP contribution in [0, 0.1) is 0 Å². The van der Waals surface area contributed by atoms with Crippen LogP contribution in [0.5, 0.6) is 0 Å². The Bertz CT molecular complexity index is 979. The molecule has 2 aliphatic rings. The van der Waals surface area contributed by atoms with Gasteiger partial charge in [-0.05, 0) is 37.6 Å². The van der Waals surface area contributed by atoms with Crippen LogP contribution >= 0.6 is 11.6 Å². The van der Waals surface area contributed by atoms with Crippen molar-refractivity contribution in [1.29, 1.82) is 0 Å². The van der Waals surface area contributed by atoms with Crippen LogP contribution in [0.15, 0.2) is 54.2 Å². The third-order valence-corrected chi connectivity index (χ3v) is 6.44. The predicted octanol–water partition coefficient (Wildman–Crippen LogP) is 5.66. The number of benzene rings is 2. The van der Waals surface area contributed by atoms with Gasteiger partial charge >= 0.3 is 0 Å². The largest absolute Gasteiger partial charge is 0.347 e. The normalized spacial score (nSPS) is 21.3. The van der Waals surface area contributed by atoms with Crippen molar-refractivity contribution >= 4 is 28.7 Å². The Balaban J connectivity index is 1.89. The van der Waals surface area contributed by atoms with Crippen LogP contribution in [0.1, 0.15) is 38.8 Å². The lowest BCUT2D eigenvalue weighted by atomic mass is 9.78. The summed E-state index contributed by atoms with van der Waals surface area (Å²) in [5.74, 6) is 0. The molecule has 4 rings (SSSR count). The number of allylic oxidation sites excluding steroid dienone is 2. The molecule has 2 aliphatic heterocycles. The summed E-state index contributed by atoms with van der Waals surface area (Å²) in [6.07, 6.45) is 2.38. The molecule has 2 aromatic rings. The van der Waals surface area contributed by atoms with Gasteiger partial charge in [0.05, 0.1) is 5.41 Å². The summed E-state index contributed by atoms with van der Waals surface area (Å²) in [5.41, 5.74) is 7.72. The smallest absolute Gasteiger partial charge is 0.209 e. The lowest BCUT2D eigenvalue weighted by Crippen LogP contribution is -2.31. The number of anilines is 1. The molecule has 0 spiro atoms. The fourth-order valence-electron chi connectivity index (χ4n) is 4.65. The molecule has 0 amide bonds. The maximum Gasteiger partial charge on any atom is 0.209 e. The summed E-state index contributed by atoms with van der Waals surface area (Å²) < 4.78 is 2.34. The molecule has 0 saturated heterocycles. The van der Waals surface area contributed by atoms with Crippen molar-refractivity contribution in [1.82, 2.24) is 0 Å². The minimum absolute atomic E-state index is 0.0261. The Labute approximate surface area is 161 Å². The van der Waals surface area contributed by atoms with Crippen LogP contribution in [-0.4, -0.2) is 24.4 Å². The molecule has 0 saturated carbocycles. The van der Waals surface area contributed by atoms with Gasteiger partial charge in [0, 0.05) is 46.6 Å². The first-order valence-electron chi connectivity index (χ1n) is 9.12. The van der Waals surface area contributed by atoms with Gasteiger partial charge in [-0.25, -0.2) is 0 Å². The average Bonchev–Trinajstić information content (AvgIpc) is 2.90. The number of hydrogen-bond acceptors (Lipinski definition) is 1. The topological polar surface area (TPSA) is 6.25 Å². The second kappa shape index (κ2) is 5.47. The number of likely N-dealkylation sites (N-methyl/N-ethyl adjacent to an activating group) is 1. The van der Waals surface area contributed by atoms with E-state index < -0.39 is 0 Å². The lowest BCUT2D eigenvalue weighted by Gasteiger charge is -2.25. The van der Waals surface area contributed by atoms with Crippen molar-refractivity contribution in [2.24, 2.45) is 0 Å². The fraction of sp³-hybridized carbons (Fsp3) is 0.348. The molecule has 0 aromatic heterocycles. The molecular weight excluding hydrogens is 340 g/mol. The fourth-order valence-corrected chi connectivity index (χ4v) is 4.83. The van der Waals surface area contributed by atoms with E-state index in [2.05, 4.69) is 93.7 Å². The van der Waals surface area contributed by atoms with Crippen molar-refractivity contribution in [3.63, 3.8) is 0 Å². The summed E-state index contributed by atoms with van der Waals surface area (Å²) >= 11 is 6.29. The van der Waals surface area contributed by atoms with Crippen molar-refractivity contribution in [2.45, 2.75) is 38.5 Å². The van der Waals surface area contributed by atoms with Gasteiger partial charge in [0.2, 0.25) is 5.69 Å². The van der Waals surface area contributed by atoms with Crippen molar-refractivity contribution in [3.05, 3.63) is 70.4 Å². The quantitative estimate of drug-likeness (QED) is 0.591. The van der Waals surface area contributed by atoms with Gasteiger partial charge in [0.15, 0.2) is 5.71 Å². The van der Waals surface area contributed by atoms with Crippen LogP contribution in [-0.2, 0) is 10.8 Å². The SMILES string of the molecule is CN1C(=CC2=[N+](C)c3ccccc3C2(C)C)C(C)(C)c2cc(Cl)ccc21. The minimum Gasteiger partial charge on any atom is -0.347 e. The van der Waals surface area contributed by atoms with Gasteiger partial charge in [-0.3, -0.25) is 0 Å². The van der Waals surface area contributed by atoms with Gasteiger partial charge in [-0.15, -0.1) is 0 Å². The molecular formula is C23H26ClN2+.